The van der Waals surface area contributed by atoms with Gasteiger partial charge in [0, 0.05) is 31.1 Å². The van der Waals surface area contributed by atoms with Crippen molar-refractivity contribution in [2.24, 2.45) is 0 Å². The van der Waals surface area contributed by atoms with Gasteiger partial charge in [0.05, 0.1) is 18.6 Å². The number of likely N-dealkylation sites (tertiary alicyclic amines) is 1. The number of nitrogens with one attached hydrogen (secondary N) is 1. The van der Waals surface area contributed by atoms with E-state index in [4.69, 9.17) is 4.84 Å². The van der Waals surface area contributed by atoms with E-state index in [9.17, 15) is 22.8 Å². The molecule has 3 rings (SSSR count). The fourth-order valence-electron chi connectivity index (χ4n) is 2.92. The Labute approximate surface area is 174 Å². The van der Waals surface area contributed by atoms with Crippen molar-refractivity contribution in [3.63, 3.8) is 0 Å². The van der Waals surface area contributed by atoms with Crippen molar-refractivity contribution in [1.29, 1.82) is 0 Å². The standard InChI is InChI=1S/C20H21N3O6S/c1-22(29-2)30(27,28)17-5-3-4-15(12-17)20(26)21-16-8-6-14(7-9-16)13-23-18(24)10-11-19(23)25/h3-9,12H,10-11,13H2,1-2H3,(H,21,26). The van der Waals surface area contributed by atoms with E-state index in [0.29, 0.717) is 10.2 Å². The van der Waals surface area contributed by atoms with E-state index in [0.717, 1.165) is 5.56 Å². The van der Waals surface area contributed by atoms with Gasteiger partial charge in [-0.25, -0.2) is 8.42 Å². The smallest absolute Gasteiger partial charge is 0.264 e. The molecule has 1 aliphatic heterocycles. The van der Waals surface area contributed by atoms with E-state index in [1.54, 1.807) is 24.3 Å². The van der Waals surface area contributed by atoms with Crippen LogP contribution < -0.4 is 5.32 Å². The van der Waals surface area contributed by atoms with Crippen LogP contribution in [0, 0.1) is 0 Å². The van der Waals surface area contributed by atoms with Crippen LogP contribution in [0.1, 0.15) is 28.8 Å². The van der Waals surface area contributed by atoms with Crippen LogP contribution in [0.5, 0.6) is 0 Å². The normalized spacial score (nSPS) is 14.4. The Bertz CT molecular complexity index is 1070. The molecule has 1 fully saturated rings. The van der Waals surface area contributed by atoms with E-state index in [-0.39, 0.29) is 41.7 Å². The van der Waals surface area contributed by atoms with Crippen molar-refractivity contribution >= 4 is 33.4 Å². The van der Waals surface area contributed by atoms with Gasteiger partial charge in [0.25, 0.3) is 15.9 Å². The molecular weight excluding hydrogens is 410 g/mol. The number of hydroxylamine groups is 1. The van der Waals surface area contributed by atoms with Gasteiger partial charge in [0.1, 0.15) is 0 Å². The lowest BCUT2D eigenvalue weighted by Crippen LogP contribution is -2.28. The van der Waals surface area contributed by atoms with Gasteiger partial charge in [0.2, 0.25) is 11.8 Å². The maximum Gasteiger partial charge on any atom is 0.264 e. The van der Waals surface area contributed by atoms with Crippen LogP contribution in [0.4, 0.5) is 5.69 Å². The van der Waals surface area contributed by atoms with Crippen molar-refractivity contribution < 1.29 is 27.6 Å². The van der Waals surface area contributed by atoms with Crippen LogP contribution in [0.2, 0.25) is 0 Å². The van der Waals surface area contributed by atoms with Crippen LogP contribution in [-0.2, 0) is 31.0 Å². The maximum atomic E-state index is 12.5. The molecule has 0 atom stereocenters. The lowest BCUT2D eigenvalue weighted by molar-refractivity contribution is -0.139. The molecule has 9 nitrogen and oxygen atoms in total. The van der Waals surface area contributed by atoms with Crippen molar-refractivity contribution in [2.75, 3.05) is 19.5 Å². The number of carbonyl (C=O) groups excluding carboxylic acids is 3. The molecule has 0 aromatic heterocycles. The summed E-state index contributed by atoms with van der Waals surface area (Å²) < 4.78 is 25.4. The molecule has 30 heavy (non-hydrogen) atoms. The number of benzene rings is 2. The third kappa shape index (κ3) is 4.56. The third-order valence-corrected chi connectivity index (χ3v) is 6.37. The number of hydrogen-bond acceptors (Lipinski definition) is 6. The average molecular weight is 431 g/mol. The Balaban J connectivity index is 1.70. The number of nitrogens with zero attached hydrogens (tertiary/aromatic N) is 2. The topological polar surface area (TPSA) is 113 Å². The van der Waals surface area contributed by atoms with Gasteiger partial charge in [-0.05, 0) is 35.9 Å². The summed E-state index contributed by atoms with van der Waals surface area (Å²) in [6, 6.07) is 12.3. The second-order valence-electron chi connectivity index (χ2n) is 6.65. The number of anilines is 1. The Morgan fingerprint density at radius 3 is 2.33 bits per heavy atom. The molecule has 2 aromatic carbocycles. The van der Waals surface area contributed by atoms with Gasteiger partial charge in [0.15, 0.2) is 0 Å². The molecule has 0 aliphatic carbocycles. The Hall–Kier alpha value is -3.08. The SMILES string of the molecule is CON(C)S(=O)(=O)c1cccc(C(=O)Nc2ccc(CN3C(=O)CCC3=O)cc2)c1. The predicted octanol–water partition coefficient (Wildman–Crippen LogP) is 1.77. The quantitative estimate of drug-likeness (QED) is 0.528. The van der Waals surface area contributed by atoms with Gasteiger partial charge < -0.3 is 5.32 Å². The highest BCUT2D eigenvalue weighted by Crippen LogP contribution is 2.19. The zero-order valence-electron chi connectivity index (χ0n) is 16.5. The first-order valence-corrected chi connectivity index (χ1v) is 10.5. The van der Waals surface area contributed by atoms with Gasteiger partial charge >= 0.3 is 0 Å². The zero-order valence-corrected chi connectivity index (χ0v) is 17.3. The molecule has 1 saturated heterocycles. The van der Waals surface area contributed by atoms with Crippen molar-refractivity contribution in [3.8, 4) is 0 Å². The summed E-state index contributed by atoms with van der Waals surface area (Å²) in [6.07, 6.45) is 0.476. The monoisotopic (exact) mass is 431 g/mol. The molecule has 0 unspecified atom stereocenters. The number of carbonyl (C=O) groups is 3. The van der Waals surface area contributed by atoms with Crippen LogP contribution in [-0.4, -0.2) is 49.7 Å². The molecule has 1 heterocycles. The number of hydrogen-bond donors (Lipinski definition) is 1. The van der Waals surface area contributed by atoms with Crippen LogP contribution in [0.25, 0.3) is 0 Å². The summed E-state index contributed by atoms with van der Waals surface area (Å²) in [5.41, 5.74) is 1.41. The molecule has 0 spiro atoms. The van der Waals surface area contributed by atoms with Gasteiger partial charge in [-0.2, -0.15) is 0 Å². The Kier molecular flexibility index (Phi) is 6.30. The van der Waals surface area contributed by atoms with Gasteiger partial charge in [-0.1, -0.05) is 22.7 Å². The highest BCUT2D eigenvalue weighted by molar-refractivity contribution is 7.89. The lowest BCUT2D eigenvalue weighted by atomic mass is 10.1. The summed E-state index contributed by atoms with van der Waals surface area (Å²) in [5, 5.41) is 2.69. The molecule has 1 aliphatic rings. The summed E-state index contributed by atoms with van der Waals surface area (Å²) in [6.45, 7) is 0.193. The largest absolute Gasteiger partial charge is 0.322 e. The van der Waals surface area contributed by atoms with E-state index < -0.39 is 15.9 Å². The number of amides is 3. The van der Waals surface area contributed by atoms with Gasteiger partial charge in [-0.3, -0.25) is 24.1 Å². The number of sulfonamides is 1. The maximum absolute atomic E-state index is 12.5. The minimum atomic E-state index is -3.87. The summed E-state index contributed by atoms with van der Waals surface area (Å²) in [7, 11) is -1.39. The van der Waals surface area contributed by atoms with Crippen LogP contribution in [0.15, 0.2) is 53.4 Å². The molecule has 158 valence electrons. The fourth-order valence-corrected chi connectivity index (χ4v) is 3.94. The van der Waals surface area contributed by atoms with Gasteiger partial charge in [-0.15, -0.1) is 0 Å². The second kappa shape index (κ2) is 8.74. The van der Waals surface area contributed by atoms with Crippen LogP contribution in [0.3, 0.4) is 0 Å². The fraction of sp³-hybridized carbons (Fsp3) is 0.250. The minimum absolute atomic E-state index is 0.0743. The number of imide groups is 1. The van der Waals surface area contributed by atoms with E-state index in [1.165, 1.54) is 43.3 Å². The summed E-state index contributed by atoms with van der Waals surface area (Å²) in [5.74, 6) is -0.859. The van der Waals surface area contributed by atoms with Crippen molar-refractivity contribution in [2.45, 2.75) is 24.3 Å². The van der Waals surface area contributed by atoms with E-state index in [2.05, 4.69) is 5.32 Å². The first-order valence-electron chi connectivity index (χ1n) is 9.09. The molecule has 2 aromatic rings. The van der Waals surface area contributed by atoms with E-state index in [1.807, 2.05) is 0 Å². The lowest BCUT2D eigenvalue weighted by Gasteiger charge is -2.15. The predicted molar refractivity (Wildman–Crippen MR) is 108 cm³/mol. The van der Waals surface area contributed by atoms with Crippen LogP contribution >= 0.6 is 0 Å². The van der Waals surface area contributed by atoms with Crippen molar-refractivity contribution in [3.05, 3.63) is 59.7 Å². The molecule has 0 bridgehead atoms. The molecule has 1 N–H and O–H groups in total. The zero-order chi connectivity index (χ0) is 21.9. The highest BCUT2D eigenvalue weighted by Gasteiger charge is 2.28. The average Bonchev–Trinajstić information content (AvgIpc) is 3.06. The second-order valence-corrected chi connectivity index (χ2v) is 8.59. The highest BCUT2D eigenvalue weighted by atomic mass is 32.2. The molecule has 3 amide bonds. The first-order chi connectivity index (χ1) is 14.2. The molecule has 0 saturated carbocycles. The minimum Gasteiger partial charge on any atom is -0.322 e. The molecule has 0 radical (unpaired) electrons. The van der Waals surface area contributed by atoms with E-state index >= 15 is 0 Å². The first kappa shape index (κ1) is 21.6. The molecular formula is C20H21N3O6S. The number of rotatable bonds is 7. The third-order valence-electron chi connectivity index (χ3n) is 4.70. The summed E-state index contributed by atoms with van der Waals surface area (Å²) >= 11 is 0. The Morgan fingerprint density at radius 1 is 1.10 bits per heavy atom. The Morgan fingerprint density at radius 2 is 1.73 bits per heavy atom. The van der Waals surface area contributed by atoms with Crippen molar-refractivity contribution in [1.82, 2.24) is 9.37 Å². The summed E-state index contributed by atoms with van der Waals surface area (Å²) in [4.78, 5) is 41.8. The molecule has 10 heteroatoms.